The maximum atomic E-state index is 6.74. The normalized spacial score (nSPS) is 11.8. The van der Waals surface area contributed by atoms with Crippen LogP contribution in [0.2, 0.25) is 0 Å². The smallest absolute Gasteiger partial charge is 0.159 e. The highest BCUT2D eigenvalue weighted by Crippen LogP contribution is 2.47. The van der Waals surface area contributed by atoms with Crippen LogP contribution in [0.15, 0.2) is 209 Å². The van der Waals surface area contributed by atoms with Crippen LogP contribution in [0.1, 0.15) is 0 Å². The van der Waals surface area contributed by atoms with Crippen LogP contribution in [-0.2, 0) is 0 Å². The Morgan fingerprint density at radius 1 is 0.345 bits per heavy atom. The van der Waals surface area contributed by atoms with Crippen LogP contribution in [0.3, 0.4) is 0 Å². The monoisotopic (exact) mass is 759 g/mol. The fraction of sp³-hybridized carbons (Fsp3) is 0. The number of furan rings is 2. The molecule has 3 aromatic heterocycles. The quantitative estimate of drug-likeness (QED) is 0.169. The Bertz CT molecular complexity index is 3520. The van der Waals surface area contributed by atoms with E-state index >= 15 is 0 Å². The minimum absolute atomic E-state index is 0.842. The number of hydrogen-bond donors (Lipinski definition) is 0. The van der Waals surface area contributed by atoms with Crippen LogP contribution in [0.5, 0.6) is 0 Å². The highest BCUT2D eigenvalue weighted by atomic mass is 32.1. The Morgan fingerprint density at radius 3 is 1.71 bits per heavy atom. The van der Waals surface area contributed by atoms with E-state index in [0.29, 0.717) is 0 Å². The molecule has 0 saturated heterocycles. The summed E-state index contributed by atoms with van der Waals surface area (Å²) in [5.74, 6) is 0. The van der Waals surface area contributed by atoms with Crippen molar-refractivity contribution in [3.8, 4) is 33.4 Å². The molecule has 0 aliphatic carbocycles. The van der Waals surface area contributed by atoms with Crippen LogP contribution in [-0.4, -0.2) is 0 Å². The lowest BCUT2D eigenvalue weighted by Crippen LogP contribution is -2.10. The van der Waals surface area contributed by atoms with Crippen LogP contribution >= 0.6 is 11.3 Å². The first-order chi connectivity index (χ1) is 28.7. The lowest BCUT2D eigenvalue weighted by molar-refractivity contribution is 0.669. The number of hydrogen-bond acceptors (Lipinski definition) is 4. The van der Waals surface area contributed by atoms with Crippen LogP contribution in [0, 0.1) is 0 Å². The van der Waals surface area contributed by atoms with Crippen molar-refractivity contribution >= 4 is 92.4 Å². The third kappa shape index (κ3) is 5.19. The fourth-order valence-electron chi connectivity index (χ4n) is 8.77. The highest BCUT2D eigenvalue weighted by molar-refractivity contribution is 7.26. The number of thiophene rings is 1. The van der Waals surface area contributed by atoms with Crippen LogP contribution < -0.4 is 4.90 Å². The molecule has 12 rings (SSSR count). The molecule has 0 saturated carbocycles. The molecule has 0 fully saturated rings. The second-order valence-electron chi connectivity index (χ2n) is 14.8. The predicted molar refractivity (Wildman–Crippen MR) is 245 cm³/mol. The van der Waals surface area contributed by atoms with Crippen molar-refractivity contribution in [2.45, 2.75) is 0 Å². The molecule has 0 radical (unpaired) electrons. The van der Waals surface area contributed by atoms with Gasteiger partial charge < -0.3 is 13.7 Å². The molecule has 3 nitrogen and oxygen atoms in total. The Hall–Kier alpha value is -7.40. The van der Waals surface area contributed by atoms with Gasteiger partial charge in [0.1, 0.15) is 16.7 Å². The number of anilines is 3. The van der Waals surface area contributed by atoms with Crippen molar-refractivity contribution in [2.75, 3.05) is 4.90 Å². The minimum Gasteiger partial charge on any atom is -0.455 e. The van der Waals surface area contributed by atoms with Crippen molar-refractivity contribution in [1.82, 2.24) is 0 Å². The van der Waals surface area contributed by atoms with Gasteiger partial charge in [0.05, 0.1) is 5.69 Å². The number of benzene rings is 9. The Kier molecular flexibility index (Phi) is 7.40. The van der Waals surface area contributed by atoms with Gasteiger partial charge in [0, 0.05) is 58.7 Å². The standard InChI is InChI=1S/C54H33NO2S/c1-2-13-34(14-3-1)36-31-37(40-18-10-20-45-42-15-4-7-24-49(42)56-52(40)45)33-39(32-36)55(48-23-12-21-46-43-16-5-8-25-50(43)57-53(46)48)38-29-27-35(28-30-38)41-19-11-22-47-44-17-6-9-26-51(44)58-54(41)47/h1-33H. The molecule has 272 valence electrons. The van der Waals surface area contributed by atoms with Crippen molar-refractivity contribution in [2.24, 2.45) is 0 Å². The van der Waals surface area contributed by atoms with E-state index in [2.05, 4.69) is 187 Å². The van der Waals surface area contributed by atoms with Crippen molar-refractivity contribution in [1.29, 1.82) is 0 Å². The van der Waals surface area contributed by atoms with Crippen molar-refractivity contribution in [3.05, 3.63) is 200 Å². The first-order valence-corrected chi connectivity index (χ1v) is 20.4. The number of nitrogens with zero attached hydrogens (tertiary/aromatic N) is 1. The molecule has 9 aromatic carbocycles. The number of fused-ring (bicyclic) bond motifs is 9. The highest BCUT2D eigenvalue weighted by Gasteiger charge is 2.22. The van der Waals surface area contributed by atoms with Gasteiger partial charge in [-0.3, -0.25) is 0 Å². The van der Waals surface area contributed by atoms with Gasteiger partial charge in [-0.25, -0.2) is 0 Å². The molecular weight excluding hydrogens is 727 g/mol. The molecule has 0 aliphatic rings. The number of para-hydroxylation sites is 4. The lowest BCUT2D eigenvalue weighted by atomic mass is 9.96. The minimum atomic E-state index is 0.842. The summed E-state index contributed by atoms with van der Waals surface area (Å²) in [5.41, 5.74) is 13.2. The van der Waals surface area contributed by atoms with Gasteiger partial charge in [-0.05, 0) is 82.4 Å². The summed E-state index contributed by atoms with van der Waals surface area (Å²) < 4.78 is 16.0. The second kappa shape index (κ2) is 13.1. The topological polar surface area (TPSA) is 29.5 Å². The SMILES string of the molecule is c1ccc(-c2cc(-c3cccc4c3oc3ccccc34)cc(N(c3ccc(-c4cccc5c4sc4ccccc45)cc3)c3cccc4c3oc3ccccc34)c2)cc1. The summed E-state index contributed by atoms with van der Waals surface area (Å²) in [5, 5.41) is 7.00. The van der Waals surface area contributed by atoms with E-state index in [1.165, 1.54) is 31.3 Å². The largest absolute Gasteiger partial charge is 0.455 e. The summed E-state index contributed by atoms with van der Waals surface area (Å²) in [4.78, 5) is 2.35. The van der Waals surface area contributed by atoms with E-state index in [1.54, 1.807) is 0 Å². The summed E-state index contributed by atoms with van der Waals surface area (Å²) >= 11 is 1.86. The van der Waals surface area contributed by atoms with Gasteiger partial charge >= 0.3 is 0 Å². The van der Waals surface area contributed by atoms with E-state index in [4.69, 9.17) is 8.83 Å². The molecule has 58 heavy (non-hydrogen) atoms. The average Bonchev–Trinajstić information content (AvgIpc) is 3.99. The zero-order valence-corrected chi connectivity index (χ0v) is 32.0. The third-order valence-electron chi connectivity index (χ3n) is 11.5. The molecule has 12 aromatic rings. The van der Waals surface area contributed by atoms with Gasteiger partial charge in [-0.1, -0.05) is 146 Å². The van der Waals surface area contributed by atoms with Gasteiger partial charge in [0.15, 0.2) is 5.58 Å². The maximum Gasteiger partial charge on any atom is 0.159 e. The second-order valence-corrected chi connectivity index (χ2v) is 15.9. The van der Waals surface area contributed by atoms with E-state index in [1.807, 2.05) is 29.5 Å². The van der Waals surface area contributed by atoms with Crippen LogP contribution in [0.25, 0.3) is 97.4 Å². The van der Waals surface area contributed by atoms with Gasteiger partial charge in [-0.2, -0.15) is 0 Å². The van der Waals surface area contributed by atoms with Gasteiger partial charge in [0.25, 0.3) is 0 Å². The first kappa shape index (κ1) is 32.8. The molecule has 0 bridgehead atoms. The average molecular weight is 760 g/mol. The summed E-state index contributed by atoms with van der Waals surface area (Å²) in [6, 6.07) is 71.4. The molecule has 0 spiro atoms. The van der Waals surface area contributed by atoms with Crippen LogP contribution in [0.4, 0.5) is 17.1 Å². The Labute approximate surface area is 338 Å². The van der Waals surface area contributed by atoms with E-state index in [-0.39, 0.29) is 0 Å². The fourth-order valence-corrected chi connectivity index (χ4v) is 10.0. The predicted octanol–water partition coefficient (Wildman–Crippen LogP) is 16.3. The number of rotatable bonds is 6. The molecular formula is C54H33NO2S. The molecule has 0 amide bonds. The van der Waals surface area contributed by atoms with Crippen molar-refractivity contribution in [3.63, 3.8) is 0 Å². The van der Waals surface area contributed by atoms with E-state index < -0.39 is 0 Å². The molecule has 0 aliphatic heterocycles. The zero-order chi connectivity index (χ0) is 38.2. The van der Waals surface area contributed by atoms with Gasteiger partial charge in [0.2, 0.25) is 0 Å². The van der Waals surface area contributed by atoms with E-state index in [9.17, 15) is 0 Å². The maximum absolute atomic E-state index is 6.74. The Balaban J connectivity index is 1.10. The zero-order valence-electron chi connectivity index (χ0n) is 31.2. The molecule has 0 N–H and O–H groups in total. The molecule has 0 atom stereocenters. The Morgan fingerprint density at radius 2 is 0.931 bits per heavy atom. The first-order valence-electron chi connectivity index (χ1n) is 19.6. The lowest BCUT2D eigenvalue weighted by Gasteiger charge is -2.27. The third-order valence-corrected chi connectivity index (χ3v) is 12.7. The van der Waals surface area contributed by atoms with E-state index in [0.717, 1.165) is 83.2 Å². The summed E-state index contributed by atoms with van der Waals surface area (Å²) in [6.07, 6.45) is 0. The van der Waals surface area contributed by atoms with Crippen molar-refractivity contribution < 1.29 is 8.83 Å². The van der Waals surface area contributed by atoms with Gasteiger partial charge in [-0.15, -0.1) is 11.3 Å². The molecule has 0 unspecified atom stereocenters. The molecule has 4 heteroatoms. The molecule has 3 heterocycles. The summed E-state index contributed by atoms with van der Waals surface area (Å²) in [6.45, 7) is 0. The summed E-state index contributed by atoms with van der Waals surface area (Å²) in [7, 11) is 0.